The molecular formula is C13H29N. The zero-order valence-corrected chi connectivity index (χ0v) is 10.4. The van der Waals surface area contributed by atoms with Gasteiger partial charge < -0.3 is 5.73 Å². The van der Waals surface area contributed by atoms with Gasteiger partial charge in [-0.25, -0.2) is 0 Å². The van der Waals surface area contributed by atoms with Crippen LogP contribution in [0.5, 0.6) is 0 Å². The SMILES string of the molecule is CCCCCCCCC(C)(N)CCC. The van der Waals surface area contributed by atoms with Crippen LogP contribution in [-0.4, -0.2) is 5.54 Å². The van der Waals surface area contributed by atoms with Crippen LogP contribution < -0.4 is 5.73 Å². The summed E-state index contributed by atoms with van der Waals surface area (Å²) in [6.07, 6.45) is 11.8. The minimum atomic E-state index is 0.0967. The van der Waals surface area contributed by atoms with Gasteiger partial charge in [-0.05, 0) is 19.8 Å². The largest absolute Gasteiger partial charge is 0.325 e. The standard InChI is InChI=1S/C13H29N/c1-4-6-7-8-9-10-12-13(3,14)11-5-2/h4-12,14H2,1-3H3. The molecule has 0 bridgehead atoms. The van der Waals surface area contributed by atoms with Gasteiger partial charge in [-0.15, -0.1) is 0 Å². The van der Waals surface area contributed by atoms with Crippen LogP contribution in [-0.2, 0) is 0 Å². The van der Waals surface area contributed by atoms with Crippen LogP contribution in [0.15, 0.2) is 0 Å². The summed E-state index contributed by atoms with van der Waals surface area (Å²) in [5, 5.41) is 0. The van der Waals surface area contributed by atoms with Crippen LogP contribution in [0.3, 0.4) is 0 Å². The molecule has 0 spiro atoms. The minimum absolute atomic E-state index is 0.0967. The Morgan fingerprint density at radius 1 is 0.786 bits per heavy atom. The lowest BCUT2D eigenvalue weighted by molar-refractivity contribution is 0.377. The summed E-state index contributed by atoms with van der Waals surface area (Å²) >= 11 is 0. The van der Waals surface area contributed by atoms with Crippen molar-refractivity contribution in [2.75, 3.05) is 0 Å². The van der Waals surface area contributed by atoms with Crippen LogP contribution in [0.2, 0.25) is 0 Å². The van der Waals surface area contributed by atoms with Gasteiger partial charge in [0, 0.05) is 5.54 Å². The summed E-state index contributed by atoms with van der Waals surface area (Å²) in [5.74, 6) is 0. The molecule has 0 aromatic rings. The van der Waals surface area contributed by atoms with Crippen molar-refractivity contribution in [1.29, 1.82) is 0 Å². The van der Waals surface area contributed by atoms with Gasteiger partial charge in [-0.3, -0.25) is 0 Å². The van der Waals surface area contributed by atoms with E-state index in [0.717, 1.165) is 0 Å². The number of unbranched alkanes of at least 4 members (excludes halogenated alkanes) is 5. The quantitative estimate of drug-likeness (QED) is 0.552. The molecule has 14 heavy (non-hydrogen) atoms. The predicted molar refractivity (Wildman–Crippen MR) is 65.5 cm³/mol. The van der Waals surface area contributed by atoms with E-state index in [-0.39, 0.29) is 5.54 Å². The summed E-state index contributed by atoms with van der Waals surface area (Å²) < 4.78 is 0. The van der Waals surface area contributed by atoms with E-state index < -0.39 is 0 Å². The molecule has 0 saturated carbocycles. The Hall–Kier alpha value is -0.0400. The lowest BCUT2D eigenvalue weighted by atomic mass is 9.91. The molecule has 86 valence electrons. The third-order valence-corrected chi connectivity index (χ3v) is 2.92. The number of hydrogen-bond donors (Lipinski definition) is 1. The molecular weight excluding hydrogens is 170 g/mol. The minimum Gasteiger partial charge on any atom is -0.325 e. The van der Waals surface area contributed by atoms with E-state index in [1.165, 1.54) is 57.8 Å². The van der Waals surface area contributed by atoms with Gasteiger partial charge in [0.25, 0.3) is 0 Å². The smallest absolute Gasteiger partial charge is 0.0125 e. The average molecular weight is 199 g/mol. The summed E-state index contributed by atoms with van der Waals surface area (Å²) in [5.41, 5.74) is 6.26. The number of rotatable bonds is 9. The molecule has 0 aliphatic carbocycles. The number of nitrogens with two attached hydrogens (primary N) is 1. The summed E-state index contributed by atoms with van der Waals surface area (Å²) in [7, 11) is 0. The van der Waals surface area contributed by atoms with E-state index in [2.05, 4.69) is 20.8 Å². The highest BCUT2D eigenvalue weighted by Gasteiger charge is 2.15. The molecule has 0 aliphatic heterocycles. The molecule has 0 fully saturated rings. The maximum absolute atomic E-state index is 6.17. The summed E-state index contributed by atoms with van der Waals surface area (Å²) in [6, 6.07) is 0. The molecule has 0 amide bonds. The van der Waals surface area contributed by atoms with Gasteiger partial charge in [-0.1, -0.05) is 58.8 Å². The summed E-state index contributed by atoms with van der Waals surface area (Å²) in [6.45, 7) is 6.67. The molecule has 0 rings (SSSR count). The highest BCUT2D eigenvalue weighted by atomic mass is 14.7. The monoisotopic (exact) mass is 199 g/mol. The first-order chi connectivity index (χ1) is 6.62. The first-order valence-electron chi connectivity index (χ1n) is 6.41. The van der Waals surface area contributed by atoms with E-state index in [4.69, 9.17) is 5.73 Å². The van der Waals surface area contributed by atoms with Gasteiger partial charge in [-0.2, -0.15) is 0 Å². The van der Waals surface area contributed by atoms with E-state index >= 15 is 0 Å². The third kappa shape index (κ3) is 8.55. The number of hydrogen-bond acceptors (Lipinski definition) is 1. The lowest BCUT2D eigenvalue weighted by Gasteiger charge is -2.23. The second-order valence-electron chi connectivity index (χ2n) is 4.92. The van der Waals surface area contributed by atoms with Crippen molar-refractivity contribution in [3.05, 3.63) is 0 Å². The molecule has 1 nitrogen and oxygen atoms in total. The van der Waals surface area contributed by atoms with Crippen LogP contribution in [0.25, 0.3) is 0 Å². The Morgan fingerprint density at radius 2 is 1.36 bits per heavy atom. The van der Waals surface area contributed by atoms with Gasteiger partial charge in [0.1, 0.15) is 0 Å². The Kier molecular flexibility index (Phi) is 8.26. The second kappa shape index (κ2) is 8.28. The Morgan fingerprint density at radius 3 is 1.93 bits per heavy atom. The van der Waals surface area contributed by atoms with Crippen LogP contribution in [0.1, 0.15) is 78.6 Å². The Bertz CT molecular complexity index is 118. The van der Waals surface area contributed by atoms with E-state index in [1.807, 2.05) is 0 Å². The van der Waals surface area contributed by atoms with E-state index in [9.17, 15) is 0 Å². The first kappa shape index (κ1) is 14.0. The molecule has 0 radical (unpaired) electrons. The van der Waals surface area contributed by atoms with Gasteiger partial charge in [0.15, 0.2) is 0 Å². The van der Waals surface area contributed by atoms with Gasteiger partial charge in [0.2, 0.25) is 0 Å². The fourth-order valence-electron chi connectivity index (χ4n) is 2.01. The van der Waals surface area contributed by atoms with Crippen LogP contribution in [0.4, 0.5) is 0 Å². The molecule has 1 heteroatoms. The molecule has 2 N–H and O–H groups in total. The lowest BCUT2D eigenvalue weighted by Crippen LogP contribution is -2.35. The third-order valence-electron chi connectivity index (χ3n) is 2.92. The van der Waals surface area contributed by atoms with Crippen LogP contribution in [0, 0.1) is 0 Å². The average Bonchev–Trinajstić information content (AvgIpc) is 2.11. The van der Waals surface area contributed by atoms with Gasteiger partial charge in [0.05, 0.1) is 0 Å². The molecule has 0 heterocycles. The molecule has 1 atom stereocenters. The normalized spacial score (nSPS) is 15.4. The highest BCUT2D eigenvalue weighted by molar-refractivity contribution is 4.77. The van der Waals surface area contributed by atoms with Crippen molar-refractivity contribution >= 4 is 0 Å². The first-order valence-corrected chi connectivity index (χ1v) is 6.41. The van der Waals surface area contributed by atoms with Crippen LogP contribution >= 0.6 is 0 Å². The molecule has 0 aromatic carbocycles. The zero-order chi connectivity index (χ0) is 10.9. The molecule has 0 saturated heterocycles. The van der Waals surface area contributed by atoms with Crippen molar-refractivity contribution < 1.29 is 0 Å². The van der Waals surface area contributed by atoms with Crippen molar-refractivity contribution in [3.8, 4) is 0 Å². The molecule has 0 aliphatic rings. The highest BCUT2D eigenvalue weighted by Crippen LogP contribution is 2.18. The van der Waals surface area contributed by atoms with E-state index in [0.29, 0.717) is 0 Å². The van der Waals surface area contributed by atoms with Crippen molar-refractivity contribution in [2.24, 2.45) is 5.73 Å². The molecule has 0 aromatic heterocycles. The van der Waals surface area contributed by atoms with Crippen molar-refractivity contribution in [3.63, 3.8) is 0 Å². The Balaban J connectivity index is 3.26. The predicted octanol–water partition coefficient (Wildman–Crippen LogP) is 4.25. The van der Waals surface area contributed by atoms with E-state index in [1.54, 1.807) is 0 Å². The zero-order valence-electron chi connectivity index (χ0n) is 10.4. The van der Waals surface area contributed by atoms with Gasteiger partial charge >= 0.3 is 0 Å². The second-order valence-corrected chi connectivity index (χ2v) is 4.92. The maximum Gasteiger partial charge on any atom is 0.0125 e. The molecule has 1 unspecified atom stereocenters. The topological polar surface area (TPSA) is 26.0 Å². The fourth-order valence-corrected chi connectivity index (χ4v) is 2.01. The fraction of sp³-hybridized carbons (Fsp3) is 1.00. The summed E-state index contributed by atoms with van der Waals surface area (Å²) in [4.78, 5) is 0. The Labute approximate surface area is 90.5 Å². The maximum atomic E-state index is 6.17. The van der Waals surface area contributed by atoms with Crippen molar-refractivity contribution in [2.45, 2.75) is 84.1 Å². The van der Waals surface area contributed by atoms with Crippen molar-refractivity contribution in [1.82, 2.24) is 0 Å².